The van der Waals surface area contributed by atoms with Gasteiger partial charge in [-0.2, -0.15) is 0 Å². The first-order valence-electron chi connectivity index (χ1n) is 9.16. The topological polar surface area (TPSA) is 9.23 Å². The molecular formula is C21H30O. The lowest BCUT2D eigenvalue weighted by Crippen LogP contribution is -2.68. The third kappa shape index (κ3) is 1.71. The lowest BCUT2D eigenvalue weighted by Gasteiger charge is -2.66. The maximum Gasteiger partial charge on any atom is 0.123 e. The fourth-order valence-corrected chi connectivity index (χ4v) is 6.15. The minimum atomic E-state index is 0.0563. The van der Waals surface area contributed by atoms with Gasteiger partial charge >= 0.3 is 0 Å². The Balaban J connectivity index is 1.88. The quantitative estimate of drug-likeness (QED) is 0.604. The fraction of sp³-hybridized carbons (Fsp3) is 0.714. The summed E-state index contributed by atoms with van der Waals surface area (Å²) in [6, 6.07) is 8.77. The Kier molecular flexibility index (Phi) is 3.00. The van der Waals surface area contributed by atoms with Crippen LogP contribution in [0, 0.1) is 22.7 Å². The van der Waals surface area contributed by atoms with Crippen LogP contribution < -0.4 is 4.74 Å². The van der Waals surface area contributed by atoms with Gasteiger partial charge in [0.1, 0.15) is 11.4 Å². The van der Waals surface area contributed by atoms with E-state index in [1.54, 1.807) is 0 Å². The molecule has 0 bridgehead atoms. The van der Waals surface area contributed by atoms with Crippen molar-refractivity contribution in [2.24, 2.45) is 22.7 Å². The summed E-state index contributed by atoms with van der Waals surface area (Å²) in [5.74, 6) is 2.60. The predicted octanol–water partition coefficient (Wildman–Crippen LogP) is 5.62. The second-order valence-electron chi connectivity index (χ2n) is 9.07. The van der Waals surface area contributed by atoms with Crippen molar-refractivity contribution in [2.75, 3.05) is 0 Å². The van der Waals surface area contributed by atoms with Gasteiger partial charge in [-0.05, 0) is 61.5 Å². The molecule has 2 saturated carbocycles. The van der Waals surface area contributed by atoms with Crippen molar-refractivity contribution < 1.29 is 4.74 Å². The number of hydrogen-bond donors (Lipinski definition) is 0. The highest BCUT2D eigenvalue weighted by Gasteiger charge is 2.65. The highest BCUT2D eigenvalue weighted by molar-refractivity contribution is 5.39. The van der Waals surface area contributed by atoms with Crippen molar-refractivity contribution in [3.05, 3.63) is 29.8 Å². The van der Waals surface area contributed by atoms with E-state index in [2.05, 4.69) is 52.0 Å². The number of fused-ring (bicyclic) bond motifs is 1. The van der Waals surface area contributed by atoms with E-state index in [1.807, 2.05) is 0 Å². The van der Waals surface area contributed by atoms with Gasteiger partial charge in [-0.15, -0.1) is 0 Å². The molecule has 22 heavy (non-hydrogen) atoms. The van der Waals surface area contributed by atoms with Gasteiger partial charge in [0.2, 0.25) is 0 Å². The van der Waals surface area contributed by atoms with Gasteiger partial charge < -0.3 is 4.74 Å². The first kappa shape index (κ1) is 14.6. The Morgan fingerprint density at radius 2 is 1.82 bits per heavy atom. The smallest absolute Gasteiger partial charge is 0.123 e. The van der Waals surface area contributed by atoms with Crippen LogP contribution >= 0.6 is 0 Å². The molecule has 1 aliphatic heterocycles. The van der Waals surface area contributed by atoms with E-state index < -0.39 is 0 Å². The molecule has 1 spiro atoms. The third-order valence-electron chi connectivity index (χ3n) is 7.64. The Bertz CT molecular complexity index is 589. The van der Waals surface area contributed by atoms with Crippen LogP contribution in [0.5, 0.6) is 5.75 Å². The van der Waals surface area contributed by atoms with Crippen LogP contribution in [0.3, 0.4) is 0 Å². The van der Waals surface area contributed by atoms with Crippen LogP contribution in [0.25, 0.3) is 0 Å². The van der Waals surface area contributed by atoms with Gasteiger partial charge in [0.05, 0.1) is 0 Å². The minimum absolute atomic E-state index is 0.0563. The standard InChI is InChI=1S/C21H30O/c1-15-10-11-18-19(2,3)12-7-13-21(18)20(15,4)14-16-8-5-6-9-17(16)22-21/h5-6,8-9,15,18H,7,10-14H2,1-4H3/t15-,18-,20+,21-/m0/s1. The Morgan fingerprint density at radius 1 is 1.05 bits per heavy atom. The van der Waals surface area contributed by atoms with Crippen molar-refractivity contribution in [3.8, 4) is 5.75 Å². The van der Waals surface area contributed by atoms with Crippen molar-refractivity contribution in [1.82, 2.24) is 0 Å². The summed E-state index contributed by atoms with van der Waals surface area (Å²) in [4.78, 5) is 0. The van der Waals surface area contributed by atoms with Crippen molar-refractivity contribution >= 4 is 0 Å². The molecule has 1 nitrogen and oxygen atoms in total. The SMILES string of the molecule is C[C@H]1CC[C@H]2C(C)(C)CCC[C@]23Oc2ccccc2C[C@]13C. The fourth-order valence-electron chi connectivity index (χ4n) is 6.15. The first-order chi connectivity index (χ1) is 10.4. The maximum atomic E-state index is 6.94. The average molecular weight is 298 g/mol. The summed E-state index contributed by atoms with van der Waals surface area (Å²) in [7, 11) is 0. The Labute approximate surface area is 135 Å². The molecule has 1 aromatic carbocycles. The molecular weight excluding hydrogens is 268 g/mol. The highest BCUT2D eigenvalue weighted by Crippen LogP contribution is 2.65. The minimum Gasteiger partial charge on any atom is -0.486 e. The largest absolute Gasteiger partial charge is 0.486 e. The van der Waals surface area contributed by atoms with E-state index in [0.717, 1.165) is 11.7 Å². The molecule has 1 aromatic rings. The van der Waals surface area contributed by atoms with Crippen molar-refractivity contribution in [3.63, 3.8) is 0 Å². The molecule has 0 aromatic heterocycles. The van der Waals surface area contributed by atoms with Crippen molar-refractivity contribution in [1.29, 1.82) is 0 Å². The zero-order valence-electron chi connectivity index (χ0n) is 14.6. The van der Waals surface area contributed by atoms with Crippen LogP contribution in [0.15, 0.2) is 24.3 Å². The predicted molar refractivity (Wildman–Crippen MR) is 91.1 cm³/mol. The number of ether oxygens (including phenoxy) is 1. The summed E-state index contributed by atoms with van der Waals surface area (Å²) < 4.78 is 6.94. The lowest BCUT2D eigenvalue weighted by atomic mass is 9.44. The zero-order chi connectivity index (χ0) is 15.6. The van der Waals surface area contributed by atoms with Crippen LogP contribution in [-0.2, 0) is 6.42 Å². The van der Waals surface area contributed by atoms with E-state index in [4.69, 9.17) is 4.74 Å². The van der Waals surface area contributed by atoms with Crippen LogP contribution in [0.2, 0.25) is 0 Å². The van der Waals surface area contributed by atoms with Crippen LogP contribution in [0.4, 0.5) is 0 Å². The molecule has 4 atom stereocenters. The molecule has 0 saturated heterocycles. The molecule has 0 N–H and O–H groups in total. The maximum absolute atomic E-state index is 6.94. The van der Waals surface area contributed by atoms with E-state index in [0.29, 0.717) is 11.3 Å². The van der Waals surface area contributed by atoms with Gasteiger partial charge in [-0.3, -0.25) is 0 Å². The van der Waals surface area contributed by atoms with Gasteiger partial charge in [0.25, 0.3) is 0 Å². The average Bonchev–Trinajstić information content (AvgIpc) is 2.46. The second kappa shape index (κ2) is 4.52. The molecule has 0 radical (unpaired) electrons. The van der Waals surface area contributed by atoms with E-state index >= 15 is 0 Å². The summed E-state index contributed by atoms with van der Waals surface area (Å²) >= 11 is 0. The molecule has 2 fully saturated rings. The molecule has 0 unspecified atom stereocenters. The van der Waals surface area contributed by atoms with Gasteiger partial charge in [-0.25, -0.2) is 0 Å². The third-order valence-corrected chi connectivity index (χ3v) is 7.64. The molecule has 1 heteroatoms. The highest BCUT2D eigenvalue weighted by atomic mass is 16.5. The monoisotopic (exact) mass is 298 g/mol. The number of para-hydroxylation sites is 1. The van der Waals surface area contributed by atoms with E-state index in [9.17, 15) is 0 Å². The molecule has 2 aliphatic carbocycles. The summed E-state index contributed by atoms with van der Waals surface area (Å²) in [5, 5.41) is 0. The van der Waals surface area contributed by atoms with Crippen LogP contribution in [0.1, 0.15) is 65.4 Å². The molecule has 0 amide bonds. The summed E-state index contributed by atoms with van der Waals surface area (Å²) in [6.45, 7) is 9.97. The van der Waals surface area contributed by atoms with Gasteiger partial charge in [-0.1, -0.05) is 45.9 Å². The zero-order valence-corrected chi connectivity index (χ0v) is 14.6. The molecule has 1 heterocycles. The first-order valence-corrected chi connectivity index (χ1v) is 9.16. The van der Waals surface area contributed by atoms with Crippen molar-refractivity contribution in [2.45, 2.75) is 71.8 Å². The Morgan fingerprint density at radius 3 is 2.64 bits per heavy atom. The van der Waals surface area contributed by atoms with Gasteiger partial charge in [0, 0.05) is 11.3 Å². The number of hydrogen-bond acceptors (Lipinski definition) is 1. The van der Waals surface area contributed by atoms with E-state index in [1.165, 1.54) is 44.1 Å². The Hall–Kier alpha value is -0.980. The summed E-state index contributed by atoms with van der Waals surface area (Å²) in [6.07, 6.45) is 7.81. The van der Waals surface area contributed by atoms with Crippen LogP contribution in [-0.4, -0.2) is 5.60 Å². The van der Waals surface area contributed by atoms with Gasteiger partial charge in [0.15, 0.2) is 0 Å². The molecule has 3 aliphatic rings. The van der Waals surface area contributed by atoms with E-state index in [-0.39, 0.29) is 11.0 Å². The normalized spacial score (nSPS) is 42.5. The summed E-state index contributed by atoms with van der Waals surface area (Å²) in [5.41, 5.74) is 2.17. The lowest BCUT2D eigenvalue weighted by molar-refractivity contribution is -0.210. The molecule has 4 rings (SSSR count). The number of benzene rings is 1. The number of rotatable bonds is 0. The molecule has 120 valence electrons. The second-order valence-corrected chi connectivity index (χ2v) is 9.07.